The third-order valence-electron chi connectivity index (χ3n) is 3.45. The molecule has 106 valence electrons. The fourth-order valence-electron chi connectivity index (χ4n) is 2.37. The van der Waals surface area contributed by atoms with Gasteiger partial charge in [-0.3, -0.25) is 9.36 Å². The van der Waals surface area contributed by atoms with Crippen LogP contribution >= 0.6 is 0 Å². The topological polar surface area (TPSA) is 40.5 Å². The highest BCUT2D eigenvalue weighted by Gasteiger charge is 2.14. The number of methoxy groups -OCH3 is 2. The first-order valence-electron chi connectivity index (χ1n) is 6.57. The molecule has 0 aliphatic carbocycles. The Morgan fingerprint density at radius 2 is 1.71 bits per heavy atom. The van der Waals surface area contributed by atoms with Crippen LogP contribution < -0.4 is 9.47 Å². The zero-order chi connectivity index (χ0) is 14.8. The molecule has 21 heavy (non-hydrogen) atoms. The highest BCUT2D eigenvalue weighted by molar-refractivity contribution is 6.02. The number of carbonyl (C=O) groups excluding carboxylic acids is 1. The van der Waals surface area contributed by atoms with Gasteiger partial charge >= 0.3 is 0 Å². The highest BCUT2D eigenvalue weighted by Crippen LogP contribution is 2.28. The largest absolute Gasteiger partial charge is 0.493 e. The Labute approximate surface area is 122 Å². The van der Waals surface area contributed by atoms with Gasteiger partial charge in [0.2, 0.25) is 0 Å². The first kappa shape index (κ1) is 13.2. The Bertz CT molecular complexity index is 805. The molecule has 0 saturated carbocycles. The molecule has 4 heteroatoms. The average molecular weight is 281 g/mol. The van der Waals surface area contributed by atoms with Crippen LogP contribution in [-0.2, 0) is 0 Å². The SMILES string of the molecule is COc1ccc(C(=O)n2ccc3ccccc32)cc1OC. The summed E-state index contributed by atoms with van der Waals surface area (Å²) >= 11 is 0. The Hall–Kier alpha value is -2.75. The molecule has 4 nitrogen and oxygen atoms in total. The number of para-hydroxylation sites is 1. The molecule has 0 bridgehead atoms. The number of hydrogen-bond acceptors (Lipinski definition) is 3. The van der Waals surface area contributed by atoms with Gasteiger partial charge in [0.1, 0.15) is 0 Å². The van der Waals surface area contributed by atoms with E-state index >= 15 is 0 Å². The van der Waals surface area contributed by atoms with Crippen molar-refractivity contribution in [1.82, 2.24) is 4.57 Å². The lowest BCUT2D eigenvalue weighted by atomic mass is 10.2. The number of ether oxygens (including phenoxy) is 2. The van der Waals surface area contributed by atoms with Crippen molar-refractivity contribution >= 4 is 16.8 Å². The van der Waals surface area contributed by atoms with E-state index in [9.17, 15) is 4.79 Å². The molecule has 0 radical (unpaired) electrons. The van der Waals surface area contributed by atoms with E-state index in [1.54, 1.807) is 43.2 Å². The lowest BCUT2D eigenvalue weighted by Gasteiger charge is -2.10. The predicted octanol–water partition coefficient (Wildman–Crippen LogP) is 3.35. The molecule has 0 spiro atoms. The summed E-state index contributed by atoms with van der Waals surface area (Å²) in [4.78, 5) is 12.7. The van der Waals surface area contributed by atoms with Crippen molar-refractivity contribution < 1.29 is 14.3 Å². The summed E-state index contributed by atoms with van der Waals surface area (Å²) in [5, 5.41) is 1.03. The van der Waals surface area contributed by atoms with Gasteiger partial charge in [-0.25, -0.2) is 0 Å². The molecular weight excluding hydrogens is 266 g/mol. The maximum absolute atomic E-state index is 12.7. The van der Waals surface area contributed by atoms with Gasteiger partial charge in [0, 0.05) is 17.1 Å². The van der Waals surface area contributed by atoms with E-state index in [2.05, 4.69) is 0 Å². The summed E-state index contributed by atoms with van der Waals surface area (Å²) in [7, 11) is 3.12. The molecule has 0 unspecified atom stereocenters. The van der Waals surface area contributed by atoms with Gasteiger partial charge in [-0.2, -0.15) is 0 Å². The van der Waals surface area contributed by atoms with Gasteiger partial charge in [0.25, 0.3) is 5.91 Å². The Balaban J connectivity index is 2.06. The predicted molar refractivity (Wildman–Crippen MR) is 81.2 cm³/mol. The molecule has 1 aromatic heterocycles. The molecule has 0 aliphatic heterocycles. The van der Waals surface area contributed by atoms with E-state index in [0.29, 0.717) is 17.1 Å². The second-order valence-corrected chi connectivity index (χ2v) is 4.62. The van der Waals surface area contributed by atoms with E-state index in [0.717, 1.165) is 10.9 Å². The number of rotatable bonds is 3. The van der Waals surface area contributed by atoms with Crippen molar-refractivity contribution in [3.8, 4) is 11.5 Å². The van der Waals surface area contributed by atoms with Crippen LogP contribution in [0.2, 0.25) is 0 Å². The maximum Gasteiger partial charge on any atom is 0.262 e. The van der Waals surface area contributed by atoms with E-state index in [1.165, 1.54) is 0 Å². The van der Waals surface area contributed by atoms with Crippen LogP contribution in [0.25, 0.3) is 10.9 Å². The molecule has 0 aliphatic rings. The van der Waals surface area contributed by atoms with Crippen molar-refractivity contribution in [1.29, 1.82) is 0 Å². The zero-order valence-corrected chi connectivity index (χ0v) is 11.9. The van der Waals surface area contributed by atoms with Crippen LogP contribution in [0.5, 0.6) is 11.5 Å². The standard InChI is InChI=1S/C17H15NO3/c1-20-15-8-7-13(11-16(15)21-2)17(19)18-10-9-12-5-3-4-6-14(12)18/h3-11H,1-2H3. The van der Waals surface area contributed by atoms with E-state index in [-0.39, 0.29) is 5.91 Å². The number of aromatic nitrogens is 1. The molecular formula is C17H15NO3. The second-order valence-electron chi connectivity index (χ2n) is 4.62. The molecule has 0 atom stereocenters. The van der Waals surface area contributed by atoms with Gasteiger partial charge in [-0.15, -0.1) is 0 Å². The number of nitrogens with zero attached hydrogens (tertiary/aromatic N) is 1. The minimum Gasteiger partial charge on any atom is -0.493 e. The third-order valence-corrected chi connectivity index (χ3v) is 3.45. The molecule has 0 fully saturated rings. The second kappa shape index (κ2) is 5.32. The van der Waals surface area contributed by atoms with E-state index in [1.807, 2.05) is 30.3 Å². The average Bonchev–Trinajstić information content (AvgIpc) is 2.97. The smallest absolute Gasteiger partial charge is 0.262 e. The number of carbonyl (C=O) groups is 1. The third kappa shape index (κ3) is 2.25. The van der Waals surface area contributed by atoms with Crippen LogP contribution in [-0.4, -0.2) is 24.7 Å². The van der Waals surface area contributed by atoms with Gasteiger partial charge in [-0.1, -0.05) is 18.2 Å². The van der Waals surface area contributed by atoms with Crippen molar-refractivity contribution in [2.24, 2.45) is 0 Å². The van der Waals surface area contributed by atoms with Gasteiger partial charge < -0.3 is 9.47 Å². The Morgan fingerprint density at radius 1 is 0.952 bits per heavy atom. The van der Waals surface area contributed by atoms with Crippen molar-refractivity contribution in [3.05, 3.63) is 60.3 Å². The molecule has 0 amide bonds. The van der Waals surface area contributed by atoms with Crippen molar-refractivity contribution in [3.63, 3.8) is 0 Å². The van der Waals surface area contributed by atoms with Gasteiger partial charge in [-0.05, 0) is 30.3 Å². The highest BCUT2D eigenvalue weighted by atomic mass is 16.5. The van der Waals surface area contributed by atoms with E-state index < -0.39 is 0 Å². The minimum atomic E-state index is -0.0999. The molecule has 0 N–H and O–H groups in total. The summed E-state index contributed by atoms with van der Waals surface area (Å²) in [5.41, 5.74) is 1.44. The quantitative estimate of drug-likeness (QED) is 0.739. The van der Waals surface area contributed by atoms with Crippen LogP contribution in [0, 0.1) is 0 Å². The normalized spacial score (nSPS) is 10.6. The molecule has 3 rings (SSSR count). The van der Waals surface area contributed by atoms with Crippen molar-refractivity contribution in [2.75, 3.05) is 14.2 Å². The van der Waals surface area contributed by atoms with Crippen LogP contribution in [0.1, 0.15) is 10.4 Å². The van der Waals surface area contributed by atoms with Crippen LogP contribution in [0.15, 0.2) is 54.7 Å². The summed E-state index contributed by atoms with van der Waals surface area (Å²) < 4.78 is 12.1. The first-order chi connectivity index (χ1) is 10.2. The Morgan fingerprint density at radius 3 is 2.48 bits per heavy atom. The molecule has 2 aromatic carbocycles. The fourth-order valence-corrected chi connectivity index (χ4v) is 2.37. The van der Waals surface area contributed by atoms with Crippen molar-refractivity contribution in [2.45, 2.75) is 0 Å². The van der Waals surface area contributed by atoms with Crippen LogP contribution in [0.4, 0.5) is 0 Å². The van der Waals surface area contributed by atoms with E-state index in [4.69, 9.17) is 9.47 Å². The molecule has 3 aromatic rings. The monoisotopic (exact) mass is 281 g/mol. The minimum absolute atomic E-state index is 0.0999. The van der Waals surface area contributed by atoms with Crippen LogP contribution in [0.3, 0.4) is 0 Å². The first-order valence-corrected chi connectivity index (χ1v) is 6.57. The molecule has 0 saturated heterocycles. The van der Waals surface area contributed by atoms with Gasteiger partial charge in [0.15, 0.2) is 11.5 Å². The summed E-state index contributed by atoms with van der Waals surface area (Å²) in [6.07, 6.45) is 1.78. The number of fused-ring (bicyclic) bond motifs is 1. The lowest BCUT2D eigenvalue weighted by molar-refractivity contribution is 0.0964. The number of hydrogen-bond donors (Lipinski definition) is 0. The van der Waals surface area contributed by atoms with Gasteiger partial charge in [0.05, 0.1) is 19.7 Å². The lowest BCUT2D eigenvalue weighted by Crippen LogP contribution is -2.10. The Kier molecular flexibility index (Phi) is 3.36. The summed E-state index contributed by atoms with van der Waals surface area (Å²) in [6, 6.07) is 14.9. The zero-order valence-electron chi connectivity index (χ0n) is 11.9. The molecule has 1 heterocycles. The fraction of sp³-hybridized carbons (Fsp3) is 0.118. The summed E-state index contributed by atoms with van der Waals surface area (Å²) in [5.74, 6) is 1.04. The number of benzene rings is 2. The summed E-state index contributed by atoms with van der Waals surface area (Å²) in [6.45, 7) is 0. The maximum atomic E-state index is 12.7.